The number of ketones is 1. The fraction of sp³-hybridized carbons (Fsp3) is 0.130. The molecule has 0 spiro atoms. The second-order valence-electron chi connectivity index (χ2n) is 7.07. The van der Waals surface area contributed by atoms with Gasteiger partial charge in [0, 0.05) is 12.3 Å². The molecule has 0 aliphatic rings. The van der Waals surface area contributed by atoms with Crippen LogP contribution in [0.4, 0.5) is 5.69 Å². The van der Waals surface area contributed by atoms with Crippen molar-refractivity contribution in [3.05, 3.63) is 72.0 Å². The topological polar surface area (TPSA) is 84.7 Å². The molecule has 0 fully saturated rings. The molecule has 3 aromatic carbocycles. The van der Waals surface area contributed by atoms with Crippen LogP contribution in [0.2, 0.25) is 0 Å². The smallest absolute Gasteiger partial charge is 0.270 e. The second-order valence-corrected chi connectivity index (χ2v) is 8.85. The van der Waals surface area contributed by atoms with Crippen LogP contribution in [0.25, 0.3) is 21.7 Å². The van der Waals surface area contributed by atoms with Crippen molar-refractivity contribution in [1.82, 2.24) is 0 Å². The summed E-state index contributed by atoms with van der Waals surface area (Å²) in [5, 5.41) is 2.12. The molecule has 4 aromatic rings. The van der Waals surface area contributed by atoms with Gasteiger partial charge in [-0.25, -0.2) is 12.7 Å². The van der Waals surface area contributed by atoms with Crippen molar-refractivity contribution >= 4 is 49.1 Å². The van der Waals surface area contributed by atoms with Gasteiger partial charge >= 0.3 is 0 Å². The maximum Gasteiger partial charge on any atom is 0.270 e. The monoisotopic (exact) mass is 421 g/mol. The van der Waals surface area contributed by atoms with Gasteiger partial charge in [-0.15, -0.1) is 0 Å². The van der Waals surface area contributed by atoms with Crippen molar-refractivity contribution in [3.8, 4) is 0 Å². The third kappa shape index (κ3) is 3.17. The molecule has 0 atom stereocenters. The lowest BCUT2D eigenvalue weighted by Gasteiger charge is -2.21. The Hall–Kier alpha value is -3.45. The summed E-state index contributed by atoms with van der Waals surface area (Å²) < 4.78 is 33.1. The van der Waals surface area contributed by atoms with E-state index in [0.717, 1.165) is 15.1 Å². The van der Waals surface area contributed by atoms with E-state index in [1.54, 1.807) is 25.1 Å². The normalized spacial score (nSPS) is 11.7. The Morgan fingerprint density at radius 3 is 2.27 bits per heavy atom. The highest BCUT2D eigenvalue weighted by atomic mass is 32.2. The standard InChI is InChI=1S/C23H19NO5S/c1-14(25)23-15(2)29-22-11-9-19(13-21(22)23)24(16(3)26)30(27,28)20-10-8-17-6-4-5-7-18(17)12-20/h4-13H,1-3H3. The van der Waals surface area contributed by atoms with Crippen LogP contribution in [-0.2, 0) is 14.8 Å². The summed E-state index contributed by atoms with van der Waals surface area (Å²) in [5.74, 6) is -0.413. The SMILES string of the molecule is CC(=O)c1c(C)oc2ccc(N(C(C)=O)S(=O)(=O)c3ccc4ccccc4c3)cc12. The van der Waals surface area contributed by atoms with Crippen LogP contribution in [-0.4, -0.2) is 20.1 Å². The number of amides is 1. The minimum Gasteiger partial charge on any atom is -0.461 e. The lowest BCUT2D eigenvalue weighted by molar-refractivity contribution is -0.115. The molecular formula is C23H19NO5S. The van der Waals surface area contributed by atoms with Crippen LogP contribution < -0.4 is 4.31 Å². The molecule has 30 heavy (non-hydrogen) atoms. The second kappa shape index (κ2) is 7.11. The van der Waals surface area contributed by atoms with Gasteiger partial charge in [-0.05, 0) is 55.0 Å². The van der Waals surface area contributed by atoms with E-state index >= 15 is 0 Å². The van der Waals surface area contributed by atoms with Gasteiger partial charge in [0.05, 0.1) is 16.1 Å². The number of aryl methyl sites for hydroxylation is 1. The Labute approximate surface area is 173 Å². The van der Waals surface area contributed by atoms with Crippen molar-refractivity contribution in [3.63, 3.8) is 0 Å². The number of nitrogens with zero attached hydrogens (tertiary/aromatic N) is 1. The van der Waals surface area contributed by atoms with Gasteiger partial charge in [-0.2, -0.15) is 0 Å². The predicted octanol–water partition coefficient (Wildman–Crippen LogP) is 4.84. The van der Waals surface area contributed by atoms with Crippen molar-refractivity contribution in [2.24, 2.45) is 0 Å². The third-order valence-electron chi connectivity index (χ3n) is 4.98. The van der Waals surface area contributed by atoms with E-state index in [2.05, 4.69) is 0 Å². The molecule has 0 aliphatic carbocycles. The van der Waals surface area contributed by atoms with E-state index < -0.39 is 15.9 Å². The van der Waals surface area contributed by atoms with Crippen molar-refractivity contribution < 1.29 is 22.4 Å². The number of benzene rings is 3. The van der Waals surface area contributed by atoms with Gasteiger partial charge in [0.25, 0.3) is 10.0 Å². The van der Waals surface area contributed by atoms with Gasteiger partial charge in [0.15, 0.2) is 5.78 Å². The molecule has 152 valence electrons. The number of sulfonamides is 1. The minimum absolute atomic E-state index is 0.00617. The molecule has 0 saturated heterocycles. The summed E-state index contributed by atoms with van der Waals surface area (Å²) in [5.41, 5.74) is 0.970. The summed E-state index contributed by atoms with van der Waals surface area (Å²) >= 11 is 0. The number of rotatable bonds is 4. The first kappa shape index (κ1) is 19.8. The summed E-state index contributed by atoms with van der Waals surface area (Å²) in [7, 11) is -4.17. The number of hydrogen-bond acceptors (Lipinski definition) is 5. The van der Waals surface area contributed by atoms with Crippen molar-refractivity contribution in [2.75, 3.05) is 4.31 Å². The molecular weight excluding hydrogens is 402 g/mol. The highest BCUT2D eigenvalue weighted by Crippen LogP contribution is 2.33. The fourth-order valence-electron chi connectivity index (χ4n) is 3.69. The molecule has 7 heteroatoms. The van der Waals surface area contributed by atoms with Gasteiger partial charge in [-0.3, -0.25) is 9.59 Å². The first-order chi connectivity index (χ1) is 14.2. The zero-order chi connectivity index (χ0) is 21.6. The summed E-state index contributed by atoms with van der Waals surface area (Å²) in [6, 6.07) is 16.7. The van der Waals surface area contributed by atoms with Crippen molar-refractivity contribution in [1.29, 1.82) is 0 Å². The van der Waals surface area contributed by atoms with E-state index in [9.17, 15) is 18.0 Å². The summed E-state index contributed by atoms with van der Waals surface area (Å²) in [4.78, 5) is 24.5. The maximum absolute atomic E-state index is 13.4. The van der Waals surface area contributed by atoms with Gasteiger partial charge in [-0.1, -0.05) is 30.3 Å². The summed E-state index contributed by atoms with van der Waals surface area (Å²) in [6.45, 7) is 4.28. The lowest BCUT2D eigenvalue weighted by atomic mass is 10.1. The predicted molar refractivity (Wildman–Crippen MR) is 115 cm³/mol. The van der Waals surface area contributed by atoms with Crippen molar-refractivity contribution in [2.45, 2.75) is 25.7 Å². The van der Waals surface area contributed by atoms with E-state index in [1.807, 2.05) is 24.3 Å². The van der Waals surface area contributed by atoms with Crippen LogP contribution in [0.3, 0.4) is 0 Å². The van der Waals surface area contributed by atoms with Crippen LogP contribution in [0.1, 0.15) is 30.0 Å². The average Bonchev–Trinajstić information content (AvgIpc) is 3.02. The molecule has 1 aromatic heterocycles. The number of hydrogen-bond donors (Lipinski definition) is 0. The average molecular weight is 421 g/mol. The molecule has 6 nitrogen and oxygen atoms in total. The van der Waals surface area contributed by atoms with Gasteiger partial charge < -0.3 is 4.42 Å². The van der Waals surface area contributed by atoms with E-state index in [1.165, 1.54) is 32.0 Å². The Bertz CT molecular complexity index is 1430. The zero-order valence-corrected chi connectivity index (χ0v) is 17.5. The molecule has 0 radical (unpaired) electrons. The fourth-order valence-corrected chi connectivity index (χ4v) is 5.15. The number of carbonyl (C=O) groups is 2. The Kier molecular flexibility index (Phi) is 4.70. The maximum atomic E-state index is 13.4. The van der Waals surface area contributed by atoms with Crippen LogP contribution in [0.15, 0.2) is 70.0 Å². The molecule has 0 saturated carbocycles. The van der Waals surface area contributed by atoms with Crippen LogP contribution in [0, 0.1) is 6.92 Å². The highest BCUT2D eigenvalue weighted by molar-refractivity contribution is 7.93. The quantitative estimate of drug-likeness (QED) is 0.440. The number of furan rings is 1. The number of fused-ring (bicyclic) bond motifs is 2. The Morgan fingerprint density at radius 2 is 1.60 bits per heavy atom. The molecule has 0 bridgehead atoms. The molecule has 1 amide bonds. The summed E-state index contributed by atoms with van der Waals surface area (Å²) in [6.07, 6.45) is 0. The molecule has 0 unspecified atom stereocenters. The first-order valence-corrected chi connectivity index (χ1v) is 10.7. The van der Waals surface area contributed by atoms with Crippen LogP contribution in [0.5, 0.6) is 0 Å². The lowest BCUT2D eigenvalue weighted by Crippen LogP contribution is -2.35. The largest absolute Gasteiger partial charge is 0.461 e. The molecule has 1 heterocycles. The Morgan fingerprint density at radius 1 is 0.900 bits per heavy atom. The van der Waals surface area contributed by atoms with Gasteiger partial charge in [0.1, 0.15) is 11.3 Å². The molecule has 0 aliphatic heterocycles. The third-order valence-corrected chi connectivity index (χ3v) is 6.78. The molecule has 4 rings (SSSR count). The van der Waals surface area contributed by atoms with E-state index in [4.69, 9.17) is 4.42 Å². The number of Topliss-reactive ketones (excluding diaryl/α,β-unsaturated/α-hetero) is 1. The molecule has 0 N–H and O–H groups in total. The minimum atomic E-state index is -4.17. The zero-order valence-electron chi connectivity index (χ0n) is 16.7. The number of carbonyl (C=O) groups excluding carboxylic acids is 2. The van der Waals surface area contributed by atoms with Gasteiger partial charge in [0.2, 0.25) is 5.91 Å². The Balaban J connectivity index is 1.90. The number of anilines is 1. The van der Waals surface area contributed by atoms with E-state index in [-0.39, 0.29) is 16.4 Å². The highest BCUT2D eigenvalue weighted by Gasteiger charge is 2.30. The first-order valence-electron chi connectivity index (χ1n) is 9.29. The van der Waals surface area contributed by atoms with Crippen LogP contribution >= 0.6 is 0 Å². The van der Waals surface area contributed by atoms with E-state index in [0.29, 0.717) is 22.3 Å².